The van der Waals surface area contributed by atoms with E-state index in [1.54, 1.807) is 14.2 Å². The van der Waals surface area contributed by atoms with E-state index in [-0.39, 0.29) is 11.7 Å². The second-order valence-corrected chi connectivity index (χ2v) is 9.28. The molecule has 4 aromatic rings. The Morgan fingerprint density at radius 1 is 0.972 bits per heavy atom. The molecule has 1 heterocycles. The molecule has 0 saturated carbocycles. The monoisotopic (exact) mass is 502 g/mol. The maximum atomic E-state index is 12.7. The number of hydrogen-bond donors (Lipinski definition) is 1. The van der Waals surface area contributed by atoms with E-state index in [4.69, 9.17) is 9.47 Å². The van der Waals surface area contributed by atoms with Crippen molar-refractivity contribution < 1.29 is 14.3 Å². The summed E-state index contributed by atoms with van der Waals surface area (Å²) in [4.78, 5) is 12.7. The maximum absolute atomic E-state index is 12.7. The lowest BCUT2D eigenvalue weighted by Gasteiger charge is -2.12. The van der Waals surface area contributed by atoms with Crippen LogP contribution in [0.4, 0.5) is 5.69 Å². The van der Waals surface area contributed by atoms with E-state index in [9.17, 15) is 4.79 Å². The molecule has 36 heavy (non-hydrogen) atoms. The quantitative estimate of drug-likeness (QED) is 0.260. The van der Waals surface area contributed by atoms with Crippen LogP contribution in [0.1, 0.15) is 31.7 Å². The van der Waals surface area contributed by atoms with Crippen LogP contribution in [-0.2, 0) is 4.79 Å². The van der Waals surface area contributed by atoms with Crippen molar-refractivity contribution in [2.24, 2.45) is 0 Å². The summed E-state index contributed by atoms with van der Waals surface area (Å²) in [5.74, 6) is 2.71. The lowest BCUT2D eigenvalue weighted by molar-refractivity contribution is -0.113. The van der Waals surface area contributed by atoms with E-state index >= 15 is 0 Å². The molecule has 0 aliphatic carbocycles. The highest BCUT2D eigenvalue weighted by Crippen LogP contribution is 2.30. The number of benzene rings is 3. The molecular formula is C28H30N4O3S. The van der Waals surface area contributed by atoms with E-state index < -0.39 is 0 Å². The summed E-state index contributed by atoms with van der Waals surface area (Å²) >= 11 is 1.33. The van der Waals surface area contributed by atoms with Crippen LogP contribution in [0.2, 0.25) is 0 Å². The summed E-state index contributed by atoms with van der Waals surface area (Å²) in [6, 6.07) is 23.3. The fourth-order valence-electron chi connectivity index (χ4n) is 3.73. The van der Waals surface area contributed by atoms with Crippen molar-refractivity contribution in [2.75, 3.05) is 25.3 Å². The van der Waals surface area contributed by atoms with Gasteiger partial charge in [-0.3, -0.25) is 9.36 Å². The number of anilines is 1. The van der Waals surface area contributed by atoms with Crippen molar-refractivity contribution >= 4 is 23.4 Å². The molecule has 0 saturated heterocycles. The van der Waals surface area contributed by atoms with Crippen LogP contribution in [-0.4, -0.2) is 40.6 Å². The molecule has 0 fully saturated rings. The number of nitrogens with zero attached hydrogens (tertiary/aromatic N) is 3. The zero-order valence-electron chi connectivity index (χ0n) is 20.9. The van der Waals surface area contributed by atoms with Gasteiger partial charge in [0.1, 0.15) is 11.5 Å². The van der Waals surface area contributed by atoms with Gasteiger partial charge < -0.3 is 14.8 Å². The lowest BCUT2D eigenvalue weighted by atomic mass is 9.99. The molecule has 3 aromatic carbocycles. The summed E-state index contributed by atoms with van der Waals surface area (Å²) < 4.78 is 12.6. The number of thioether (sulfide) groups is 1. The first-order chi connectivity index (χ1) is 17.5. The highest BCUT2D eigenvalue weighted by Gasteiger charge is 2.18. The van der Waals surface area contributed by atoms with Crippen molar-refractivity contribution in [3.63, 3.8) is 0 Å². The first-order valence-corrected chi connectivity index (χ1v) is 12.8. The Bertz CT molecular complexity index is 1300. The van der Waals surface area contributed by atoms with Crippen molar-refractivity contribution in [1.29, 1.82) is 0 Å². The van der Waals surface area contributed by atoms with Gasteiger partial charge >= 0.3 is 0 Å². The number of ether oxygens (including phenoxy) is 2. The van der Waals surface area contributed by atoms with Gasteiger partial charge in [-0.1, -0.05) is 49.9 Å². The molecule has 1 aromatic heterocycles. The van der Waals surface area contributed by atoms with Gasteiger partial charge in [0, 0.05) is 16.9 Å². The van der Waals surface area contributed by atoms with Crippen LogP contribution in [0, 0.1) is 0 Å². The van der Waals surface area contributed by atoms with Crippen LogP contribution in [0.3, 0.4) is 0 Å². The molecule has 0 unspecified atom stereocenters. The Balaban J connectivity index is 1.55. The van der Waals surface area contributed by atoms with E-state index in [1.165, 1.54) is 17.3 Å². The average molecular weight is 503 g/mol. The third-order valence-corrected chi connectivity index (χ3v) is 6.93. The normalized spacial score (nSPS) is 11.7. The highest BCUT2D eigenvalue weighted by atomic mass is 32.2. The first-order valence-electron chi connectivity index (χ1n) is 11.8. The number of aromatic nitrogens is 3. The molecule has 0 radical (unpaired) electrons. The zero-order chi connectivity index (χ0) is 25.5. The van der Waals surface area contributed by atoms with Crippen LogP contribution < -0.4 is 14.8 Å². The fourth-order valence-corrected chi connectivity index (χ4v) is 4.49. The van der Waals surface area contributed by atoms with E-state index in [0.29, 0.717) is 16.9 Å². The molecule has 0 aliphatic heterocycles. The van der Waals surface area contributed by atoms with Gasteiger partial charge in [-0.2, -0.15) is 0 Å². The molecule has 1 atom stereocenters. The summed E-state index contributed by atoms with van der Waals surface area (Å²) in [5.41, 5.74) is 3.77. The largest absolute Gasteiger partial charge is 0.497 e. The fraction of sp³-hybridized carbons (Fsp3) is 0.250. The number of hydrogen-bond acceptors (Lipinski definition) is 6. The van der Waals surface area contributed by atoms with Gasteiger partial charge in [-0.15, -0.1) is 10.2 Å². The Hall–Kier alpha value is -3.78. The molecule has 1 N–H and O–H groups in total. The number of amides is 1. The van der Waals surface area contributed by atoms with E-state index in [2.05, 4.69) is 41.5 Å². The molecule has 0 aliphatic rings. The molecule has 7 nitrogen and oxygen atoms in total. The van der Waals surface area contributed by atoms with Gasteiger partial charge in [0.25, 0.3) is 0 Å². The zero-order valence-corrected chi connectivity index (χ0v) is 21.7. The lowest BCUT2D eigenvalue weighted by Crippen LogP contribution is -2.14. The minimum atomic E-state index is -0.108. The second kappa shape index (κ2) is 11.8. The van der Waals surface area contributed by atoms with Crippen molar-refractivity contribution in [3.05, 3.63) is 78.4 Å². The Morgan fingerprint density at radius 2 is 1.69 bits per heavy atom. The smallest absolute Gasteiger partial charge is 0.234 e. The van der Waals surface area contributed by atoms with Gasteiger partial charge in [0.2, 0.25) is 5.91 Å². The summed E-state index contributed by atoms with van der Waals surface area (Å²) in [7, 11) is 3.26. The van der Waals surface area contributed by atoms with E-state index in [1.807, 2.05) is 65.2 Å². The molecule has 0 spiro atoms. The van der Waals surface area contributed by atoms with Crippen LogP contribution in [0.25, 0.3) is 17.1 Å². The minimum absolute atomic E-state index is 0.108. The molecule has 4 rings (SSSR count). The summed E-state index contributed by atoms with van der Waals surface area (Å²) in [5, 5.41) is 12.4. The Labute approximate surface area is 215 Å². The Kier molecular flexibility index (Phi) is 8.28. The van der Waals surface area contributed by atoms with Crippen molar-refractivity contribution in [3.8, 4) is 28.6 Å². The van der Waals surface area contributed by atoms with Crippen molar-refractivity contribution in [2.45, 2.75) is 31.3 Å². The number of carbonyl (C=O) groups excluding carboxylic acids is 1. The predicted molar refractivity (Wildman–Crippen MR) is 144 cm³/mol. The van der Waals surface area contributed by atoms with Gasteiger partial charge in [-0.25, -0.2) is 0 Å². The average Bonchev–Trinajstić information content (AvgIpc) is 3.36. The van der Waals surface area contributed by atoms with E-state index in [0.717, 1.165) is 34.9 Å². The second-order valence-electron chi connectivity index (χ2n) is 8.34. The number of nitrogens with one attached hydrogen (secondary N) is 1. The number of carbonyl (C=O) groups is 1. The maximum Gasteiger partial charge on any atom is 0.234 e. The molecule has 0 bridgehead atoms. The van der Waals surface area contributed by atoms with Gasteiger partial charge in [0.05, 0.1) is 20.0 Å². The minimum Gasteiger partial charge on any atom is -0.497 e. The van der Waals surface area contributed by atoms with Crippen LogP contribution in [0.15, 0.2) is 78.0 Å². The summed E-state index contributed by atoms with van der Waals surface area (Å²) in [6.07, 6.45) is 1.08. The van der Waals surface area contributed by atoms with Crippen LogP contribution >= 0.6 is 11.8 Å². The highest BCUT2D eigenvalue weighted by molar-refractivity contribution is 7.99. The number of rotatable bonds is 10. The van der Waals surface area contributed by atoms with Crippen molar-refractivity contribution in [1.82, 2.24) is 14.8 Å². The topological polar surface area (TPSA) is 78.3 Å². The first kappa shape index (κ1) is 25.3. The SMILES string of the molecule is CC[C@@H](C)c1ccc(NC(=O)CSc2nnc(-c3cccc(OC)c3)n2-c2ccc(OC)cc2)cc1. The molecule has 1 amide bonds. The Morgan fingerprint density at radius 3 is 2.36 bits per heavy atom. The predicted octanol–water partition coefficient (Wildman–Crippen LogP) is 6.20. The summed E-state index contributed by atoms with van der Waals surface area (Å²) in [6.45, 7) is 4.37. The third kappa shape index (κ3) is 5.88. The molecule has 186 valence electrons. The van der Waals surface area contributed by atoms with Crippen LogP contribution in [0.5, 0.6) is 11.5 Å². The van der Waals surface area contributed by atoms with Gasteiger partial charge in [-0.05, 0) is 66.4 Å². The standard InChI is InChI=1S/C28H30N4O3S/c1-5-19(2)20-9-11-22(12-10-20)29-26(33)18-36-28-31-30-27(21-7-6-8-25(17-21)35-4)32(28)23-13-15-24(34-3)16-14-23/h6-17,19H,5,18H2,1-4H3,(H,29,33)/t19-/m1/s1. The number of methoxy groups -OCH3 is 2. The van der Waals surface area contributed by atoms with Gasteiger partial charge in [0.15, 0.2) is 11.0 Å². The molecular weight excluding hydrogens is 472 g/mol. The third-order valence-electron chi connectivity index (χ3n) is 6.00. The molecule has 8 heteroatoms.